The molecule has 0 radical (unpaired) electrons. The Kier molecular flexibility index (Phi) is 3.25. The van der Waals surface area contributed by atoms with Crippen molar-refractivity contribution in [2.75, 3.05) is 5.32 Å². The van der Waals surface area contributed by atoms with Gasteiger partial charge in [-0.15, -0.1) is 0 Å². The van der Waals surface area contributed by atoms with Crippen LogP contribution in [0.3, 0.4) is 0 Å². The van der Waals surface area contributed by atoms with E-state index in [4.69, 9.17) is 5.73 Å². The van der Waals surface area contributed by atoms with Crippen LogP contribution in [0.4, 0.5) is 5.82 Å². The molecular formula is C10H17N3. The van der Waals surface area contributed by atoms with Crippen molar-refractivity contribution in [2.24, 2.45) is 5.73 Å². The summed E-state index contributed by atoms with van der Waals surface area (Å²) in [5, 5.41) is 3.25. The zero-order chi connectivity index (χ0) is 9.84. The third-order valence-electron chi connectivity index (χ3n) is 1.69. The van der Waals surface area contributed by atoms with Gasteiger partial charge in [0.15, 0.2) is 0 Å². The zero-order valence-electron chi connectivity index (χ0n) is 8.46. The van der Waals surface area contributed by atoms with Gasteiger partial charge in [0.1, 0.15) is 5.82 Å². The van der Waals surface area contributed by atoms with Crippen molar-refractivity contribution in [2.45, 2.75) is 33.4 Å². The second kappa shape index (κ2) is 4.23. The van der Waals surface area contributed by atoms with Crippen LogP contribution in [0.25, 0.3) is 0 Å². The molecule has 3 nitrogen and oxygen atoms in total. The number of anilines is 1. The van der Waals surface area contributed by atoms with Gasteiger partial charge in [0.2, 0.25) is 0 Å². The smallest absolute Gasteiger partial charge is 0.126 e. The topological polar surface area (TPSA) is 50.9 Å². The molecule has 0 fully saturated rings. The molecule has 0 aliphatic carbocycles. The van der Waals surface area contributed by atoms with Gasteiger partial charge in [-0.05, 0) is 38.5 Å². The maximum Gasteiger partial charge on any atom is 0.126 e. The normalized spacial score (nSPS) is 10.5. The first-order valence-corrected chi connectivity index (χ1v) is 4.56. The minimum absolute atomic E-state index is 0.403. The van der Waals surface area contributed by atoms with E-state index in [2.05, 4.69) is 24.1 Å². The van der Waals surface area contributed by atoms with E-state index in [-0.39, 0.29) is 0 Å². The van der Waals surface area contributed by atoms with Crippen molar-refractivity contribution in [1.82, 2.24) is 4.98 Å². The Morgan fingerprint density at radius 1 is 1.46 bits per heavy atom. The first kappa shape index (κ1) is 9.99. The van der Waals surface area contributed by atoms with E-state index in [9.17, 15) is 0 Å². The summed E-state index contributed by atoms with van der Waals surface area (Å²) in [7, 11) is 0. The highest BCUT2D eigenvalue weighted by molar-refractivity contribution is 5.40. The average molecular weight is 179 g/mol. The standard InChI is InChI=1S/C10H17N3/c1-7(2)12-10-5-9(6-11)4-8(3)13-10/h4-5,7H,6,11H2,1-3H3,(H,12,13). The molecule has 1 heterocycles. The van der Waals surface area contributed by atoms with Crippen molar-refractivity contribution in [3.05, 3.63) is 23.4 Å². The van der Waals surface area contributed by atoms with Crippen LogP contribution >= 0.6 is 0 Å². The Labute approximate surface area is 79.4 Å². The lowest BCUT2D eigenvalue weighted by Gasteiger charge is -2.10. The molecule has 0 atom stereocenters. The van der Waals surface area contributed by atoms with Gasteiger partial charge in [-0.25, -0.2) is 4.98 Å². The van der Waals surface area contributed by atoms with Crippen molar-refractivity contribution in [3.63, 3.8) is 0 Å². The second-order valence-corrected chi connectivity index (χ2v) is 3.51. The summed E-state index contributed by atoms with van der Waals surface area (Å²) in [5.41, 5.74) is 7.69. The lowest BCUT2D eigenvalue weighted by Crippen LogP contribution is -2.12. The number of nitrogens with zero attached hydrogens (tertiary/aromatic N) is 1. The summed E-state index contributed by atoms with van der Waals surface area (Å²) in [6.45, 7) is 6.72. The number of pyridine rings is 1. The third kappa shape index (κ3) is 3.03. The number of hydrogen-bond acceptors (Lipinski definition) is 3. The average Bonchev–Trinajstić information content (AvgIpc) is 2.01. The summed E-state index contributed by atoms with van der Waals surface area (Å²) in [6, 6.07) is 4.40. The van der Waals surface area contributed by atoms with Crippen LogP contribution in [0.2, 0.25) is 0 Å². The van der Waals surface area contributed by atoms with Crippen LogP contribution in [0.1, 0.15) is 25.1 Å². The van der Waals surface area contributed by atoms with Crippen LogP contribution in [0.5, 0.6) is 0 Å². The minimum atomic E-state index is 0.403. The lowest BCUT2D eigenvalue weighted by molar-refractivity contribution is 0.884. The summed E-state index contributed by atoms with van der Waals surface area (Å²) in [5.74, 6) is 0.912. The van der Waals surface area contributed by atoms with Crippen molar-refractivity contribution in [3.8, 4) is 0 Å². The number of nitrogens with two attached hydrogens (primary N) is 1. The Morgan fingerprint density at radius 2 is 2.15 bits per heavy atom. The van der Waals surface area contributed by atoms with Crippen LogP contribution in [-0.4, -0.2) is 11.0 Å². The predicted octanol–water partition coefficient (Wildman–Crippen LogP) is 1.67. The van der Waals surface area contributed by atoms with Gasteiger partial charge in [-0.1, -0.05) is 0 Å². The van der Waals surface area contributed by atoms with Gasteiger partial charge in [-0.3, -0.25) is 0 Å². The second-order valence-electron chi connectivity index (χ2n) is 3.51. The van der Waals surface area contributed by atoms with E-state index >= 15 is 0 Å². The lowest BCUT2D eigenvalue weighted by atomic mass is 10.2. The molecule has 1 rings (SSSR count). The molecule has 0 spiro atoms. The number of aromatic nitrogens is 1. The highest BCUT2D eigenvalue weighted by Gasteiger charge is 1.99. The van der Waals surface area contributed by atoms with Gasteiger partial charge in [0.05, 0.1) is 0 Å². The molecule has 3 N–H and O–H groups in total. The first-order chi connectivity index (χ1) is 6.11. The van der Waals surface area contributed by atoms with Crippen molar-refractivity contribution >= 4 is 5.82 Å². The molecule has 0 aliphatic heterocycles. The molecule has 0 aliphatic rings. The van der Waals surface area contributed by atoms with Gasteiger partial charge in [0, 0.05) is 18.3 Å². The quantitative estimate of drug-likeness (QED) is 0.742. The van der Waals surface area contributed by atoms with Crippen LogP contribution < -0.4 is 11.1 Å². The van der Waals surface area contributed by atoms with Gasteiger partial charge < -0.3 is 11.1 Å². The number of aryl methyl sites for hydroxylation is 1. The highest BCUT2D eigenvalue weighted by Crippen LogP contribution is 2.10. The van der Waals surface area contributed by atoms with E-state index in [0.717, 1.165) is 17.1 Å². The SMILES string of the molecule is Cc1cc(CN)cc(NC(C)C)n1. The first-order valence-electron chi connectivity index (χ1n) is 4.56. The summed E-state index contributed by atoms with van der Waals surface area (Å²) in [6.07, 6.45) is 0. The molecule has 72 valence electrons. The maximum absolute atomic E-state index is 5.56. The fourth-order valence-electron chi connectivity index (χ4n) is 1.23. The summed E-state index contributed by atoms with van der Waals surface area (Å²) in [4.78, 5) is 4.36. The Balaban J connectivity index is 2.88. The van der Waals surface area contributed by atoms with Gasteiger partial charge in [0.25, 0.3) is 0 Å². The van der Waals surface area contributed by atoms with Crippen LogP contribution in [0, 0.1) is 6.92 Å². The molecule has 0 amide bonds. The fraction of sp³-hybridized carbons (Fsp3) is 0.500. The van der Waals surface area contributed by atoms with Crippen LogP contribution in [-0.2, 0) is 6.54 Å². The summed E-state index contributed by atoms with van der Waals surface area (Å²) < 4.78 is 0. The van der Waals surface area contributed by atoms with Crippen molar-refractivity contribution < 1.29 is 0 Å². The largest absolute Gasteiger partial charge is 0.368 e. The molecule has 1 aromatic heterocycles. The monoisotopic (exact) mass is 179 g/mol. The number of rotatable bonds is 3. The number of hydrogen-bond donors (Lipinski definition) is 2. The Morgan fingerprint density at radius 3 is 2.69 bits per heavy atom. The van der Waals surface area contributed by atoms with E-state index in [1.54, 1.807) is 0 Å². The molecular weight excluding hydrogens is 162 g/mol. The molecule has 3 heteroatoms. The Bertz CT molecular complexity index is 281. The van der Waals surface area contributed by atoms with E-state index < -0.39 is 0 Å². The van der Waals surface area contributed by atoms with Gasteiger partial charge >= 0.3 is 0 Å². The number of nitrogens with one attached hydrogen (secondary N) is 1. The van der Waals surface area contributed by atoms with E-state index in [1.807, 2.05) is 19.1 Å². The molecule has 0 saturated carbocycles. The molecule has 0 unspecified atom stereocenters. The molecule has 0 saturated heterocycles. The predicted molar refractivity (Wildman–Crippen MR) is 55.6 cm³/mol. The highest BCUT2D eigenvalue weighted by atomic mass is 15.0. The fourth-order valence-corrected chi connectivity index (χ4v) is 1.23. The Hall–Kier alpha value is -1.09. The molecule has 0 bridgehead atoms. The van der Waals surface area contributed by atoms with Gasteiger partial charge in [-0.2, -0.15) is 0 Å². The molecule has 13 heavy (non-hydrogen) atoms. The van der Waals surface area contributed by atoms with E-state index in [0.29, 0.717) is 12.6 Å². The van der Waals surface area contributed by atoms with E-state index in [1.165, 1.54) is 0 Å². The summed E-state index contributed by atoms with van der Waals surface area (Å²) >= 11 is 0. The third-order valence-corrected chi connectivity index (χ3v) is 1.69. The molecule has 1 aromatic rings. The maximum atomic E-state index is 5.56. The minimum Gasteiger partial charge on any atom is -0.368 e. The van der Waals surface area contributed by atoms with Crippen LogP contribution in [0.15, 0.2) is 12.1 Å². The van der Waals surface area contributed by atoms with Crippen molar-refractivity contribution in [1.29, 1.82) is 0 Å². The molecule has 0 aromatic carbocycles. The zero-order valence-corrected chi connectivity index (χ0v) is 8.46.